The molecule has 1 heterocycles. The molecule has 3 aliphatic rings. The number of nitrogens with zero attached hydrogens (tertiary/aromatic N) is 1. The van der Waals surface area contributed by atoms with E-state index in [2.05, 4.69) is 25.2 Å². The summed E-state index contributed by atoms with van der Waals surface area (Å²) in [6.07, 6.45) is 14.7. The first-order chi connectivity index (χ1) is 10.1. The fourth-order valence-electron chi connectivity index (χ4n) is 4.24. The molecule has 2 aliphatic carbocycles. The number of rotatable bonds is 3. The van der Waals surface area contributed by atoms with Crippen molar-refractivity contribution in [3.63, 3.8) is 0 Å². The second-order valence-electron chi connectivity index (χ2n) is 7.07. The molecular weight excluding hydrogens is 262 g/mol. The zero-order valence-electron chi connectivity index (χ0n) is 13.1. The van der Waals surface area contributed by atoms with Crippen molar-refractivity contribution in [1.82, 2.24) is 4.90 Å². The van der Waals surface area contributed by atoms with Gasteiger partial charge >= 0.3 is 0 Å². The third-order valence-corrected chi connectivity index (χ3v) is 5.65. The van der Waals surface area contributed by atoms with Crippen LogP contribution in [0.5, 0.6) is 0 Å². The van der Waals surface area contributed by atoms with Crippen molar-refractivity contribution in [2.75, 3.05) is 6.54 Å². The average molecular weight is 289 g/mol. The fourth-order valence-corrected chi connectivity index (χ4v) is 4.24. The molecule has 1 spiro atoms. The van der Waals surface area contributed by atoms with Gasteiger partial charge in [-0.2, -0.15) is 0 Å². The van der Waals surface area contributed by atoms with E-state index in [0.717, 1.165) is 70.0 Å². The van der Waals surface area contributed by atoms with E-state index in [4.69, 9.17) is 0 Å². The van der Waals surface area contributed by atoms with Gasteiger partial charge in [0.05, 0.1) is 11.0 Å². The number of hydrogen-bond acceptors (Lipinski definition) is 2. The van der Waals surface area contributed by atoms with Crippen molar-refractivity contribution in [2.45, 2.75) is 70.3 Å². The van der Waals surface area contributed by atoms with Crippen molar-refractivity contribution in [3.8, 4) is 0 Å². The molecule has 0 aromatic carbocycles. The lowest BCUT2D eigenvalue weighted by Gasteiger charge is -2.41. The normalized spacial score (nSPS) is 36.4. The number of carbonyl (C=O) groups is 1. The van der Waals surface area contributed by atoms with Crippen LogP contribution >= 0.6 is 0 Å². The molecule has 0 aromatic rings. The van der Waals surface area contributed by atoms with E-state index in [-0.39, 0.29) is 5.41 Å². The summed E-state index contributed by atoms with van der Waals surface area (Å²) < 4.78 is 0. The Balaban J connectivity index is 1.69. The molecule has 1 amide bonds. The molecule has 1 saturated heterocycles. The Labute approximate surface area is 127 Å². The quantitative estimate of drug-likeness (QED) is 0.863. The summed E-state index contributed by atoms with van der Waals surface area (Å²) in [6.45, 7) is 2.97. The van der Waals surface area contributed by atoms with Gasteiger partial charge < -0.3 is 10.0 Å². The van der Waals surface area contributed by atoms with Crippen LogP contribution in [0.2, 0.25) is 0 Å². The maximum absolute atomic E-state index is 12.9. The minimum Gasteiger partial charge on any atom is -0.390 e. The molecule has 3 rings (SSSR count). The largest absolute Gasteiger partial charge is 0.390 e. The summed E-state index contributed by atoms with van der Waals surface area (Å²) >= 11 is 0. The molecule has 1 saturated carbocycles. The summed E-state index contributed by atoms with van der Waals surface area (Å²) in [5.41, 5.74) is 0.390. The molecular formula is C18H27NO2. The van der Waals surface area contributed by atoms with Crippen molar-refractivity contribution < 1.29 is 9.90 Å². The SMILES string of the molecule is CCCC1(O)CCC2(CCN(C3=CCCC=C3)C2=O)CC1. The monoisotopic (exact) mass is 289 g/mol. The van der Waals surface area contributed by atoms with E-state index in [9.17, 15) is 9.90 Å². The Kier molecular flexibility index (Phi) is 3.96. The molecule has 21 heavy (non-hydrogen) atoms. The van der Waals surface area contributed by atoms with Gasteiger partial charge in [-0.25, -0.2) is 0 Å². The van der Waals surface area contributed by atoms with Crippen molar-refractivity contribution in [1.29, 1.82) is 0 Å². The van der Waals surface area contributed by atoms with Crippen LogP contribution in [0.3, 0.4) is 0 Å². The maximum atomic E-state index is 12.9. The Morgan fingerprint density at radius 1 is 1.19 bits per heavy atom. The summed E-state index contributed by atoms with van der Waals surface area (Å²) in [7, 11) is 0. The second kappa shape index (κ2) is 5.60. The highest BCUT2D eigenvalue weighted by Gasteiger charge is 2.51. The fraction of sp³-hybridized carbons (Fsp3) is 0.722. The van der Waals surface area contributed by atoms with E-state index in [1.165, 1.54) is 0 Å². The topological polar surface area (TPSA) is 40.5 Å². The van der Waals surface area contributed by atoms with Crippen LogP contribution in [0.15, 0.2) is 23.9 Å². The van der Waals surface area contributed by atoms with Gasteiger partial charge in [0.15, 0.2) is 0 Å². The van der Waals surface area contributed by atoms with Crippen molar-refractivity contribution in [3.05, 3.63) is 23.9 Å². The third kappa shape index (κ3) is 2.68. The minimum atomic E-state index is -0.516. The highest BCUT2D eigenvalue weighted by atomic mass is 16.3. The van der Waals surface area contributed by atoms with Crippen molar-refractivity contribution >= 4 is 5.91 Å². The first-order valence-corrected chi connectivity index (χ1v) is 8.50. The predicted molar refractivity (Wildman–Crippen MR) is 83.5 cm³/mol. The van der Waals surface area contributed by atoms with E-state index < -0.39 is 5.60 Å². The minimum absolute atomic E-state index is 0.188. The Bertz CT molecular complexity index is 470. The van der Waals surface area contributed by atoms with Crippen LogP contribution < -0.4 is 0 Å². The standard InChI is InChI=1S/C18H27NO2/c1-2-8-18(21)11-9-17(10-12-18)13-14-19(16(17)20)15-6-4-3-5-7-15/h4,6-7,21H,2-3,5,8-14H2,1H3. The zero-order chi connectivity index (χ0) is 14.9. The Hall–Kier alpha value is -1.09. The molecule has 0 radical (unpaired) electrons. The number of hydrogen-bond donors (Lipinski definition) is 1. The van der Waals surface area contributed by atoms with Crippen LogP contribution in [0.1, 0.15) is 64.7 Å². The number of carbonyl (C=O) groups excluding carboxylic acids is 1. The van der Waals surface area contributed by atoms with Crippen LogP contribution in [-0.2, 0) is 4.79 Å². The van der Waals surface area contributed by atoms with Gasteiger partial charge in [-0.15, -0.1) is 0 Å². The van der Waals surface area contributed by atoms with Gasteiger partial charge in [0.2, 0.25) is 5.91 Å². The van der Waals surface area contributed by atoms with Gasteiger partial charge in [-0.3, -0.25) is 4.79 Å². The molecule has 3 heteroatoms. The highest BCUT2D eigenvalue weighted by Crippen LogP contribution is 2.49. The molecule has 1 N–H and O–H groups in total. The van der Waals surface area contributed by atoms with Crippen LogP contribution in [-0.4, -0.2) is 28.1 Å². The predicted octanol–water partition coefficient (Wildman–Crippen LogP) is 3.54. The first-order valence-electron chi connectivity index (χ1n) is 8.50. The number of likely N-dealkylation sites (tertiary alicyclic amines) is 1. The molecule has 0 bridgehead atoms. The van der Waals surface area contributed by atoms with Crippen molar-refractivity contribution in [2.24, 2.45) is 5.41 Å². The van der Waals surface area contributed by atoms with Crippen LogP contribution in [0.4, 0.5) is 0 Å². The maximum Gasteiger partial charge on any atom is 0.233 e. The summed E-state index contributed by atoms with van der Waals surface area (Å²) in [6, 6.07) is 0. The molecule has 2 fully saturated rings. The molecule has 116 valence electrons. The lowest BCUT2D eigenvalue weighted by Crippen LogP contribution is -2.43. The Morgan fingerprint density at radius 3 is 2.57 bits per heavy atom. The second-order valence-corrected chi connectivity index (χ2v) is 7.07. The summed E-state index contributed by atoms with van der Waals surface area (Å²) in [5.74, 6) is 0.304. The summed E-state index contributed by atoms with van der Waals surface area (Å²) in [5, 5.41) is 10.6. The molecule has 0 unspecified atom stereocenters. The molecule has 3 nitrogen and oxygen atoms in total. The van der Waals surface area contributed by atoms with E-state index in [1.54, 1.807) is 0 Å². The molecule has 0 aromatic heterocycles. The third-order valence-electron chi connectivity index (χ3n) is 5.65. The lowest BCUT2D eigenvalue weighted by molar-refractivity contribution is -0.139. The van der Waals surface area contributed by atoms with E-state index in [0.29, 0.717) is 5.91 Å². The van der Waals surface area contributed by atoms with E-state index in [1.807, 2.05) is 4.90 Å². The number of amides is 1. The smallest absolute Gasteiger partial charge is 0.233 e. The highest BCUT2D eigenvalue weighted by molar-refractivity contribution is 5.87. The summed E-state index contributed by atoms with van der Waals surface area (Å²) in [4.78, 5) is 14.9. The molecule has 0 atom stereocenters. The molecule has 1 aliphatic heterocycles. The van der Waals surface area contributed by atoms with Gasteiger partial charge in [-0.1, -0.05) is 25.5 Å². The van der Waals surface area contributed by atoms with Crippen LogP contribution in [0, 0.1) is 5.41 Å². The van der Waals surface area contributed by atoms with Gasteiger partial charge in [0.1, 0.15) is 0 Å². The lowest BCUT2D eigenvalue weighted by atomic mass is 9.67. The first kappa shape index (κ1) is 14.8. The number of allylic oxidation sites excluding steroid dienone is 3. The van der Waals surface area contributed by atoms with Gasteiger partial charge in [0, 0.05) is 12.2 Å². The van der Waals surface area contributed by atoms with E-state index >= 15 is 0 Å². The Morgan fingerprint density at radius 2 is 1.95 bits per heavy atom. The van der Waals surface area contributed by atoms with Gasteiger partial charge in [0.25, 0.3) is 0 Å². The number of aliphatic hydroxyl groups is 1. The average Bonchev–Trinajstić information content (AvgIpc) is 2.81. The van der Waals surface area contributed by atoms with Crippen LogP contribution in [0.25, 0.3) is 0 Å². The van der Waals surface area contributed by atoms with Gasteiger partial charge in [-0.05, 0) is 57.4 Å². The zero-order valence-corrected chi connectivity index (χ0v) is 13.1.